The highest BCUT2D eigenvalue weighted by Crippen LogP contribution is 2.20. The van der Waals surface area contributed by atoms with E-state index in [9.17, 15) is 4.39 Å². The van der Waals surface area contributed by atoms with E-state index in [-0.39, 0.29) is 5.82 Å². The highest BCUT2D eigenvalue weighted by atomic mass is 19.1. The van der Waals surface area contributed by atoms with Gasteiger partial charge in [0.15, 0.2) is 0 Å². The average Bonchev–Trinajstić information content (AvgIpc) is 2.17. The van der Waals surface area contributed by atoms with Crippen LogP contribution in [0.4, 0.5) is 10.1 Å². The first-order valence-corrected chi connectivity index (χ1v) is 4.82. The quantitative estimate of drug-likeness (QED) is 0.760. The smallest absolute Gasteiger partial charge is 0.125 e. The molecule has 0 atom stereocenters. The van der Waals surface area contributed by atoms with Crippen LogP contribution in [0.1, 0.15) is 13.8 Å². The van der Waals surface area contributed by atoms with Gasteiger partial charge in [0.2, 0.25) is 0 Å². The fraction of sp³-hybridized carbons (Fsp3) is 0.417. The summed E-state index contributed by atoms with van der Waals surface area (Å²) >= 11 is 0. The Bertz CT molecular complexity index is 379. The largest absolute Gasteiger partial charge is 0.373 e. The lowest BCUT2D eigenvalue weighted by Gasteiger charge is -2.26. The summed E-state index contributed by atoms with van der Waals surface area (Å²) < 4.78 is 13.0. The van der Waals surface area contributed by atoms with Crippen LogP contribution >= 0.6 is 0 Å². The number of anilines is 1. The van der Waals surface area contributed by atoms with Crippen LogP contribution in [0.3, 0.4) is 0 Å². The van der Waals surface area contributed by atoms with Gasteiger partial charge in [-0.1, -0.05) is 6.07 Å². The summed E-state index contributed by atoms with van der Waals surface area (Å²) in [6.07, 6.45) is 0. The van der Waals surface area contributed by atoms with E-state index in [1.165, 1.54) is 12.1 Å². The third-order valence-corrected chi connectivity index (χ3v) is 2.18. The normalized spacial score (nSPS) is 10.9. The van der Waals surface area contributed by atoms with Gasteiger partial charge in [0.05, 0.1) is 11.5 Å². The first-order chi connectivity index (χ1) is 6.94. The van der Waals surface area contributed by atoms with E-state index in [4.69, 9.17) is 5.26 Å². The first-order valence-electron chi connectivity index (χ1n) is 4.82. The number of benzene rings is 1. The standard InChI is InChI=1S/C12H15FN2/c1-12(2,8-14)9-15(3)11-6-4-5-10(13)7-11/h4-7H,9H2,1-3H3. The minimum absolute atomic E-state index is 0.255. The molecule has 0 saturated heterocycles. The third kappa shape index (κ3) is 3.25. The van der Waals surface area contributed by atoms with Gasteiger partial charge < -0.3 is 4.90 Å². The van der Waals surface area contributed by atoms with Crippen molar-refractivity contribution in [3.05, 3.63) is 30.1 Å². The van der Waals surface area contributed by atoms with Crippen molar-refractivity contribution in [3.63, 3.8) is 0 Å². The summed E-state index contributed by atoms with van der Waals surface area (Å²) in [5.41, 5.74) is 0.361. The third-order valence-electron chi connectivity index (χ3n) is 2.18. The summed E-state index contributed by atoms with van der Waals surface area (Å²) in [5.74, 6) is -0.255. The fourth-order valence-corrected chi connectivity index (χ4v) is 1.43. The monoisotopic (exact) mass is 206 g/mol. The van der Waals surface area contributed by atoms with E-state index in [1.807, 2.05) is 31.9 Å². The van der Waals surface area contributed by atoms with E-state index in [0.29, 0.717) is 6.54 Å². The summed E-state index contributed by atoms with van der Waals surface area (Å²) in [4.78, 5) is 1.88. The Morgan fingerprint density at radius 3 is 2.67 bits per heavy atom. The van der Waals surface area contributed by atoms with Gasteiger partial charge in [0, 0.05) is 19.3 Å². The van der Waals surface area contributed by atoms with Crippen molar-refractivity contribution in [1.29, 1.82) is 5.26 Å². The summed E-state index contributed by atoms with van der Waals surface area (Å²) in [5, 5.41) is 8.89. The molecule has 0 unspecified atom stereocenters. The van der Waals surface area contributed by atoms with Crippen LogP contribution in [0.15, 0.2) is 24.3 Å². The molecular weight excluding hydrogens is 191 g/mol. The van der Waals surface area contributed by atoms with Gasteiger partial charge in [-0.25, -0.2) is 4.39 Å². The highest BCUT2D eigenvalue weighted by Gasteiger charge is 2.19. The molecule has 0 aliphatic heterocycles. The maximum atomic E-state index is 13.0. The maximum Gasteiger partial charge on any atom is 0.125 e. The first kappa shape index (κ1) is 11.5. The van der Waals surface area contributed by atoms with Crippen LogP contribution in [0.5, 0.6) is 0 Å². The molecular formula is C12H15FN2. The van der Waals surface area contributed by atoms with Crippen molar-refractivity contribution < 1.29 is 4.39 Å². The zero-order valence-corrected chi connectivity index (χ0v) is 9.29. The Balaban J connectivity index is 2.78. The van der Waals surface area contributed by atoms with Crippen molar-refractivity contribution in [3.8, 4) is 6.07 Å². The summed E-state index contributed by atoms with van der Waals surface area (Å²) in [6.45, 7) is 4.30. The van der Waals surface area contributed by atoms with Crippen LogP contribution < -0.4 is 4.90 Å². The van der Waals surface area contributed by atoms with Gasteiger partial charge in [0.25, 0.3) is 0 Å². The van der Waals surface area contributed by atoms with Crippen molar-refractivity contribution >= 4 is 5.69 Å². The lowest BCUT2D eigenvalue weighted by molar-refractivity contribution is 0.497. The molecule has 0 aliphatic carbocycles. The molecule has 0 aliphatic rings. The Morgan fingerprint density at radius 1 is 1.47 bits per heavy atom. The molecule has 0 spiro atoms. The van der Waals surface area contributed by atoms with Crippen molar-refractivity contribution in [2.75, 3.05) is 18.5 Å². The predicted octanol–water partition coefficient (Wildman–Crippen LogP) is 2.81. The predicted molar refractivity (Wildman–Crippen MR) is 59.1 cm³/mol. The van der Waals surface area contributed by atoms with Crippen LogP contribution in [0.25, 0.3) is 0 Å². The molecule has 0 heterocycles. The van der Waals surface area contributed by atoms with Crippen LogP contribution in [0.2, 0.25) is 0 Å². The van der Waals surface area contributed by atoms with E-state index in [2.05, 4.69) is 6.07 Å². The van der Waals surface area contributed by atoms with E-state index < -0.39 is 5.41 Å². The average molecular weight is 206 g/mol. The molecule has 1 rings (SSSR count). The van der Waals surface area contributed by atoms with Gasteiger partial charge in [-0.05, 0) is 32.0 Å². The molecule has 15 heavy (non-hydrogen) atoms. The second kappa shape index (κ2) is 4.31. The minimum atomic E-state index is -0.429. The number of rotatable bonds is 3. The number of hydrogen-bond acceptors (Lipinski definition) is 2. The van der Waals surface area contributed by atoms with Gasteiger partial charge in [0.1, 0.15) is 5.82 Å². The van der Waals surface area contributed by atoms with Gasteiger partial charge in [-0.2, -0.15) is 5.26 Å². The fourth-order valence-electron chi connectivity index (χ4n) is 1.43. The molecule has 0 saturated carbocycles. The van der Waals surface area contributed by atoms with E-state index >= 15 is 0 Å². The van der Waals surface area contributed by atoms with Gasteiger partial charge in [-0.3, -0.25) is 0 Å². The van der Waals surface area contributed by atoms with Crippen LogP contribution in [-0.2, 0) is 0 Å². The van der Waals surface area contributed by atoms with Crippen LogP contribution in [0, 0.1) is 22.6 Å². The van der Waals surface area contributed by atoms with E-state index in [0.717, 1.165) is 5.69 Å². The molecule has 0 radical (unpaired) electrons. The Labute approximate surface area is 89.9 Å². The highest BCUT2D eigenvalue weighted by molar-refractivity contribution is 5.46. The van der Waals surface area contributed by atoms with Crippen molar-refractivity contribution in [2.24, 2.45) is 5.41 Å². The molecule has 1 aromatic carbocycles. The van der Waals surface area contributed by atoms with Gasteiger partial charge >= 0.3 is 0 Å². The van der Waals surface area contributed by atoms with Crippen molar-refractivity contribution in [2.45, 2.75) is 13.8 Å². The molecule has 0 fully saturated rings. The number of nitriles is 1. The summed E-state index contributed by atoms with van der Waals surface area (Å²) in [6, 6.07) is 8.59. The number of nitrogens with zero attached hydrogens (tertiary/aromatic N) is 2. The summed E-state index contributed by atoms with van der Waals surface area (Å²) in [7, 11) is 1.86. The number of halogens is 1. The van der Waals surface area contributed by atoms with E-state index in [1.54, 1.807) is 6.07 Å². The second-order valence-corrected chi connectivity index (χ2v) is 4.33. The molecule has 0 amide bonds. The lowest BCUT2D eigenvalue weighted by atomic mass is 9.95. The molecule has 2 nitrogen and oxygen atoms in total. The topological polar surface area (TPSA) is 27.0 Å². The maximum absolute atomic E-state index is 13.0. The zero-order valence-electron chi connectivity index (χ0n) is 9.29. The molecule has 3 heteroatoms. The Kier molecular flexibility index (Phi) is 3.31. The molecule has 1 aromatic rings. The Hall–Kier alpha value is -1.56. The molecule has 0 N–H and O–H groups in total. The lowest BCUT2D eigenvalue weighted by Crippen LogP contribution is -2.30. The number of hydrogen-bond donors (Lipinski definition) is 0. The van der Waals surface area contributed by atoms with Crippen molar-refractivity contribution in [1.82, 2.24) is 0 Å². The Morgan fingerprint density at radius 2 is 2.13 bits per heavy atom. The SMILES string of the molecule is CN(CC(C)(C)C#N)c1cccc(F)c1. The molecule has 0 aromatic heterocycles. The molecule has 80 valence electrons. The second-order valence-electron chi connectivity index (χ2n) is 4.33. The van der Waals surface area contributed by atoms with Gasteiger partial charge in [-0.15, -0.1) is 0 Å². The minimum Gasteiger partial charge on any atom is -0.373 e. The van der Waals surface area contributed by atoms with Crippen LogP contribution in [-0.4, -0.2) is 13.6 Å². The zero-order chi connectivity index (χ0) is 11.5. The molecule has 0 bridgehead atoms.